The van der Waals surface area contributed by atoms with Crippen LogP contribution < -0.4 is 149 Å². The molecule has 0 saturated carbocycles. The molecule has 0 amide bonds. The molecule has 4 aromatic rings. The van der Waals surface area contributed by atoms with Crippen LogP contribution in [0.15, 0.2) is 46.2 Å². The molecule has 78 heavy (non-hydrogen) atoms. The maximum atomic E-state index is 12.7. The van der Waals surface area contributed by atoms with Crippen molar-refractivity contribution in [1.29, 1.82) is 0 Å². The fourth-order valence-corrected chi connectivity index (χ4v) is 9.41. The Morgan fingerprint density at radius 1 is 0.654 bits per heavy atom. The minimum atomic E-state index is -5.38. The van der Waals surface area contributed by atoms with Gasteiger partial charge in [0.2, 0.25) is 29.7 Å². The van der Waals surface area contributed by atoms with Gasteiger partial charge in [-0.05, 0) is 35.4 Å². The van der Waals surface area contributed by atoms with E-state index in [-0.39, 0.29) is 191 Å². The first-order valence-corrected chi connectivity index (χ1v) is 27.5. The topological polar surface area (TPSA) is 519 Å². The molecule has 0 spiro atoms. The zero-order valence-corrected chi connectivity index (χ0v) is 53.7. The van der Waals surface area contributed by atoms with Crippen LogP contribution in [0.1, 0.15) is 11.1 Å². The normalized spacial score (nSPS) is 16.3. The van der Waals surface area contributed by atoms with Crippen molar-refractivity contribution in [2.75, 3.05) is 117 Å². The van der Waals surface area contributed by atoms with Crippen LogP contribution >= 0.6 is 0 Å². The maximum Gasteiger partial charge on any atom is 1.00 e. The number of nitrogens with one attached hydrogen (secondary N) is 4. The third-order valence-electron chi connectivity index (χ3n) is 11.1. The van der Waals surface area contributed by atoms with Crippen LogP contribution in [0.2, 0.25) is 0 Å². The SMILES string of the molecule is O=S(=O)([O-])CCNc1nc(Nc2ccc(C=Cc3ccc(Nc4nc(NCCS(=O)(=O)[O-])nc([N+]5(CCO)CC5C(O)(CO)CO)n4)cc3S(=O)(=O)[O-])c(S(=O)(=O)[O-])c2)nc(N(CCO)CC(CO)C(O)CO)n1.[Na+].[Na+].[Na+].[Na+]. The number of aliphatic hydroxyl groups excluding tert-OH is 7. The van der Waals surface area contributed by atoms with Crippen LogP contribution in [0.5, 0.6) is 0 Å². The molecule has 1 saturated heterocycles. The number of hydrogen-bond donors (Lipinski definition) is 12. The van der Waals surface area contributed by atoms with Crippen molar-refractivity contribution >= 4 is 99.7 Å². The fourth-order valence-electron chi connectivity index (χ4n) is 7.31. The van der Waals surface area contributed by atoms with E-state index >= 15 is 0 Å². The van der Waals surface area contributed by atoms with Crippen LogP contribution in [0.3, 0.4) is 0 Å². The van der Waals surface area contributed by atoms with E-state index in [1.165, 1.54) is 17.0 Å². The van der Waals surface area contributed by atoms with Crippen LogP contribution in [0.25, 0.3) is 12.2 Å². The molecular formula is C38H51N12Na4O20S4+. The van der Waals surface area contributed by atoms with Gasteiger partial charge in [-0.15, -0.1) is 9.97 Å². The van der Waals surface area contributed by atoms with Gasteiger partial charge in [-0.3, -0.25) is 0 Å². The molecule has 32 nitrogen and oxygen atoms in total. The number of aliphatic hydroxyl groups is 8. The summed E-state index contributed by atoms with van der Waals surface area (Å²) in [5.41, 5.74) is -3.12. The smallest absolute Gasteiger partial charge is 0.748 e. The first kappa shape index (κ1) is 74.5. The standard InChI is InChI=1S/C38H54N12O20S4.4Na/c51-11-9-49(17-25(19-53)28(57)20-54)36-45-32(39-7-13-71(59,60)61)43-34(46-36)41-26-5-3-23(29(15-26)73(65,66)67)1-2-24-4-6-27(16-30(24)74(68,69)70)42-35-44-33(40-8-14-72(62,63)64)47-37(48-35)50(10-12-52)18-31(50)38(58,21-55)22-56;;;;/h1-6,15-16,25,28,31,51-58H,7-14,17-22H2,(H7-,39,40,41,42,43,44,45,46,47,48,59,60,61,62,63,64,65,66,67,68,69,70);;;;/q;4*+1/p-3. The Hall–Kier alpha value is -1.52. The van der Waals surface area contributed by atoms with Crippen molar-refractivity contribution in [2.45, 2.75) is 27.5 Å². The summed E-state index contributed by atoms with van der Waals surface area (Å²) < 4.78 is 143. The zero-order chi connectivity index (χ0) is 54.9. The average Bonchev–Trinajstić information content (AvgIpc) is 4.06. The molecule has 0 bridgehead atoms. The number of nitrogens with zero attached hydrogens (tertiary/aromatic N) is 8. The summed E-state index contributed by atoms with van der Waals surface area (Å²) in [7, 11) is -20.2. The largest absolute Gasteiger partial charge is 1.00 e. The van der Waals surface area contributed by atoms with Crippen LogP contribution in [0.4, 0.5) is 47.1 Å². The molecule has 3 heterocycles. The minimum Gasteiger partial charge on any atom is -0.748 e. The van der Waals surface area contributed by atoms with E-state index in [0.717, 1.165) is 36.4 Å². The van der Waals surface area contributed by atoms with Gasteiger partial charge in [-0.25, -0.2) is 38.2 Å². The quantitative estimate of drug-likeness (QED) is 0.00758. The maximum absolute atomic E-state index is 12.7. The van der Waals surface area contributed by atoms with Crippen molar-refractivity contribution in [3.8, 4) is 0 Å². The van der Waals surface area contributed by atoms with Gasteiger partial charge in [-0.1, -0.05) is 24.3 Å². The van der Waals surface area contributed by atoms with E-state index in [0.29, 0.717) is 0 Å². The summed E-state index contributed by atoms with van der Waals surface area (Å²) in [6.45, 7) is -6.04. The molecule has 40 heteroatoms. The number of rotatable bonds is 30. The second-order valence-electron chi connectivity index (χ2n) is 16.4. The monoisotopic (exact) mass is 1220 g/mol. The van der Waals surface area contributed by atoms with Gasteiger partial charge < -0.3 is 85.2 Å². The van der Waals surface area contributed by atoms with Crippen LogP contribution in [-0.2, 0) is 40.5 Å². The van der Waals surface area contributed by atoms with Crippen molar-refractivity contribution in [1.82, 2.24) is 34.4 Å². The van der Waals surface area contributed by atoms with Gasteiger partial charge in [0.25, 0.3) is 0 Å². The van der Waals surface area contributed by atoms with Gasteiger partial charge in [0.05, 0.1) is 87.3 Å². The molecule has 4 unspecified atom stereocenters. The molecule has 0 radical (unpaired) electrons. The van der Waals surface area contributed by atoms with Crippen molar-refractivity contribution in [3.05, 3.63) is 47.5 Å². The van der Waals surface area contributed by atoms with Gasteiger partial charge >= 0.3 is 124 Å². The summed E-state index contributed by atoms with van der Waals surface area (Å²) in [5, 5.41) is 90.2. The summed E-state index contributed by atoms with van der Waals surface area (Å²) in [6, 6.07) is 5.30. The first-order valence-electron chi connectivity index (χ1n) is 21.6. The van der Waals surface area contributed by atoms with Gasteiger partial charge in [0, 0.05) is 43.5 Å². The number of anilines is 7. The second kappa shape index (κ2) is 31.9. The third kappa shape index (κ3) is 21.3. The molecule has 12 N–H and O–H groups in total. The van der Waals surface area contributed by atoms with E-state index in [4.69, 9.17) is 0 Å². The predicted molar refractivity (Wildman–Crippen MR) is 255 cm³/mol. The molecule has 1 aliphatic rings. The predicted octanol–water partition coefficient (Wildman–Crippen LogP) is -17.4. The minimum absolute atomic E-state index is 0. The summed E-state index contributed by atoms with van der Waals surface area (Å²) in [6.07, 6.45) is 0.550. The van der Waals surface area contributed by atoms with Crippen LogP contribution in [-0.4, -0.2) is 231 Å². The number of benzene rings is 2. The summed E-state index contributed by atoms with van der Waals surface area (Å²) in [4.78, 5) is 24.5. The number of hydrogen-bond acceptors (Lipinski definition) is 31. The van der Waals surface area contributed by atoms with Crippen molar-refractivity contribution < 1.29 is 211 Å². The number of aromatic nitrogens is 6. The fraction of sp³-hybridized carbons (Fsp3) is 0.474. The molecule has 1 fully saturated rings. The van der Waals surface area contributed by atoms with Crippen molar-refractivity contribution in [2.24, 2.45) is 5.92 Å². The molecule has 4 atom stereocenters. The van der Waals surface area contributed by atoms with Crippen LogP contribution in [0, 0.1) is 5.92 Å². The first-order chi connectivity index (χ1) is 34.6. The van der Waals surface area contributed by atoms with E-state index in [1.54, 1.807) is 0 Å². The number of quaternary nitrogens is 1. The van der Waals surface area contributed by atoms with E-state index in [9.17, 15) is 92.7 Å². The molecule has 5 rings (SSSR count). The third-order valence-corrected chi connectivity index (χ3v) is 14.3. The van der Waals surface area contributed by atoms with E-state index < -0.39 is 155 Å². The van der Waals surface area contributed by atoms with Crippen molar-refractivity contribution in [3.63, 3.8) is 0 Å². The molecule has 410 valence electrons. The summed E-state index contributed by atoms with van der Waals surface area (Å²) in [5.74, 6) is -4.88. The summed E-state index contributed by atoms with van der Waals surface area (Å²) >= 11 is 0. The second-order valence-corrected chi connectivity index (χ2v) is 22.1. The Bertz CT molecular complexity index is 3130. The Morgan fingerprint density at radius 2 is 1.10 bits per heavy atom. The molecule has 2 aromatic carbocycles. The van der Waals surface area contributed by atoms with E-state index in [1.807, 2.05) is 0 Å². The van der Waals surface area contributed by atoms with Gasteiger partial charge in [-0.2, -0.15) is 19.9 Å². The van der Waals surface area contributed by atoms with Gasteiger partial charge in [0.1, 0.15) is 33.3 Å². The molecule has 0 aliphatic carbocycles. The molecule has 1 aliphatic heterocycles. The molecular weight excluding hydrogens is 1160 g/mol. The zero-order valence-electron chi connectivity index (χ0n) is 42.4. The Balaban J connectivity index is 0.00000760. The average molecular weight is 1220 g/mol. The Morgan fingerprint density at radius 3 is 1.51 bits per heavy atom. The Labute approximate surface area is 536 Å². The molecule has 2 aromatic heterocycles. The van der Waals surface area contributed by atoms with E-state index in [2.05, 4.69) is 51.2 Å². The Kier molecular flexibility index (Phi) is 30.5. The van der Waals surface area contributed by atoms with Gasteiger partial charge in [0.15, 0.2) is 11.6 Å².